The monoisotopic (exact) mass is 286 g/mol. The lowest BCUT2D eigenvalue weighted by atomic mass is 10.0. The molecule has 1 heterocycles. The predicted molar refractivity (Wildman–Crippen MR) is 83.8 cm³/mol. The van der Waals surface area contributed by atoms with Crippen LogP contribution in [-0.2, 0) is 7.05 Å². The number of aldehydes is 1. The molecule has 0 amide bonds. The molecule has 2 aromatic rings. The fourth-order valence-corrected chi connectivity index (χ4v) is 2.37. The Bertz CT molecular complexity index is 657. The summed E-state index contributed by atoms with van der Waals surface area (Å²) in [6.45, 7) is 8.83. The Hall–Kier alpha value is -2.10. The van der Waals surface area contributed by atoms with Crippen LogP contribution in [0.4, 0.5) is 0 Å². The fraction of sp³-hybridized carbons (Fsp3) is 0.412. The molecule has 1 aromatic carbocycles. The lowest BCUT2D eigenvalue weighted by molar-refractivity contribution is 0.112. The van der Waals surface area contributed by atoms with Crippen LogP contribution in [-0.4, -0.2) is 22.7 Å². The molecule has 0 aliphatic heterocycles. The summed E-state index contributed by atoms with van der Waals surface area (Å²) in [4.78, 5) is 11.2. The van der Waals surface area contributed by atoms with Crippen LogP contribution >= 0.6 is 0 Å². The Morgan fingerprint density at radius 2 is 2.00 bits per heavy atom. The second-order valence-corrected chi connectivity index (χ2v) is 5.78. The highest BCUT2D eigenvalue weighted by atomic mass is 16.5. The zero-order valence-corrected chi connectivity index (χ0v) is 13.3. The molecule has 0 atom stereocenters. The summed E-state index contributed by atoms with van der Waals surface area (Å²) in [6.07, 6.45) is 0.854. The Morgan fingerprint density at radius 1 is 1.29 bits per heavy atom. The van der Waals surface area contributed by atoms with Crippen molar-refractivity contribution in [3.05, 3.63) is 35.2 Å². The van der Waals surface area contributed by atoms with Gasteiger partial charge in [0.1, 0.15) is 12.0 Å². The number of carbonyl (C=O) groups is 1. The summed E-state index contributed by atoms with van der Waals surface area (Å²) in [5, 5.41) is 4.43. The van der Waals surface area contributed by atoms with E-state index in [4.69, 9.17) is 4.74 Å². The van der Waals surface area contributed by atoms with Gasteiger partial charge in [-0.3, -0.25) is 9.48 Å². The standard InChI is InChI=1S/C17H22N2O2/c1-11(2)10-21-16-7-14(9-20)6-15(8-16)17-12(3)18-19(5)13(17)4/h6-9,11H,10H2,1-5H3. The van der Waals surface area contributed by atoms with Crippen molar-refractivity contribution in [2.75, 3.05) is 6.61 Å². The summed E-state index contributed by atoms with van der Waals surface area (Å²) in [5.74, 6) is 1.17. The molecular formula is C17H22N2O2. The highest BCUT2D eigenvalue weighted by Crippen LogP contribution is 2.30. The molecule has 0 aliphatic rings. The quantitative estimate of drug-likeness (QED) is 0.789. The third kappa shape index (κ3) is 3.32. The minimum atomic E-state index is 0.440. The van der Waals surface area contributed by atoms with Gasteiger partial charge in [-0.25, -0.2) is 0 Å². The summed E-state index contributed by atoms with van der Waals surface area (Å²) in [7, 11) is 1.92. The smallest absolute Gasteiger partial charge is 0.150 e. The molecule has 21 heavy (non-hydrogen) atoms. The summed E-state index contributed by atoms with van der Waals surface area (Å²) in [6, 6.07) is 5.64. The van der Waals surface area contributed by atoms with Crippen molar-refractivity contribution in [3.8, 4) is 16.9 Å². The SMILES string of the molecule is Cc1nn(C)c(C)c1-c1cc(C=O)cc(OCC(C)C)c1. The predicted octanol–water partition coefficient (Wildman–Crippen LogP) is 3.55. The highest BCUT2D eigenvalue weighted by molar-refractivity contribution is 5.81. The molecule has 1 aromatic heterocycles. The highest BCUT2D eigenvalue weighted by Gasteiger charge is 2.13. The van der Waals surface area contributed by atoms with Crippen LogP contribution in [0.15, 0.2) is 18.2 Å². The minimum absolute atomic E-state index is 0.440. The maximum absolute atomic E-state index is 11.2. The molecule has 4 nitrogen and oxygen atoms in total. The first-order valence-corrected chi connectivity index (χ1v) is 7.16. The number of hydrogen-bond donors (Lipinski definition) is 0. The van der Waals surface area contributed by atoms with Gasteiger partial charge in [-0.05, 0) is 43.5 Å². The maximum atomic E-state index is 11.2. The molecule has 0 bridgehead atoms. The Morgan fingerprint density at radius 3 is 2.52 bits per heavy atom. The van der Waals surface area contributed by atoms with E-state index < -0.39 is 0 Å². The van der Waals surface area contributed by atoms with Gasteiger partial charge in [0.15, 0.2) is 0 Å². The molecule has 0 fully saturated rings. The molecule has 0 N–H and O–H groups in total. The van der Waals surface area contributed by atoms with E-state index in [0.29, 0.717) is 18.1 Å². The van der Waals surface area contributed by atoms with Crippen molar-refractivity contribution in [1.82, 2.24) is 9.78 Å². The van der Waals surface area contributed by atoms with Crippen LogP contribution in [0.5, 0.6) is 5.75 Å². The van der Waals surface area contributed by atoms with Crippen LogP contribution in [0.25, 0.3) is 11.1 Å². The zero-order valence-electron chi connectivity index (χ0n) is 13.3. The first-order chi connectivity index (χ1) is 9.92. The van der Waals surface area contributed by atoms with E-state index in [2.05, 4.69) is 18.9 Å². The van der Waals surface area contributed by atoms with Gasteiger partial charge in [-0.2, -0.15) is 5.10 Å². The van der Waals surface area contributed by atoms with Gasteiger partial charge in [0.05, 0.1) is 12.3 Å². The van der Waals surface area contributed by atoms with Crippen LogP contribution in [0.2, 0.25) is 0 Å². The van der Waals surface area contributed by atoms with E-state index in [1.165, 1.54) is 0 Å². The lowest BCUT2D eigenvalue weighted by Gasteiger charge is -2.11. The number of hydrogen-bond acceptors (Lipinski definition) is 3. The van der Waals surface area contributed by atoms with Gasteiger partial charge in [0.2, 0.25) is 0 Å². The third-order valence-corrected chi connectivity index (χ3v) is 3.45. The first kappa shape index (κ1) is 15.3. The first-order valence-electron chi connectivity index (χ1n) is 7.16. The molecule has 0 saturated heterocycles. The zero-order chi connectivity index (χ0) is 15.6. The van der Waals surface area contributed by atoms with Crippen LogP contribution in [0.3, 0.4) is 0 Å². The summed E-state index contributed by atoms with van der Waals surface area (Å²) >= 11 is 0. The van der Waals surface area contributed by atoms with Crippen LogP contribution in [0.1, 0.15) is 35.6 Å². The molecule has 0 unspecified atom stereocenters. The second kappa shape index (κ2) is 6.12. The van der Waals surface area contributed by atoms with E-state index in [9.17, 15) is 4.79 Å². The summed E-state index contributed by atoms with van der Waals surface area (Å²) < 4.78 is 7.63. The molecule has 0 aliphatic carbocycles. The van der Waals surface area contributed by atoms with E-state index in [-0.39, 0.29) is 0 Å². The second-order valence-electron chi connectivity index (χ2n) is 5.78. The Labute approximate surface area is 125 Å². The number of carbonyl (C=O) groups excluding carboxylic acids is 1. The van der Waals surface area contributed by atoms with Gasteiger partial charge in [0.25, 0.3) is 0 Å². The average molecular weight is 286 g/mol. The van der Waals surface area contributed by atoms with Gasteiger partial charge >= 0.3 is 0 Å². The molecule has 0 saturated carbocycles. The average Bonchev–Trinajstić information content (AvgIpc) is 2.69. The molecule has 2 rings (SSSR count). The van der Waals surface area contributed by atoms with Crippen molar-refractivity contribution >= 4 is 6.29 Å². The number of ether oxygens (including phenoxy) is 1. The summed E-state index contributed by atoms with van der Waals surface area (Å²) in [5.41, 5.74) is 4.68. The van der Waals surface area contributed by atoms with Gasteiger partial charge in [-0.1, -0.05) is 13.8 Å². The largest absolute Gasteiger partial charge is 0.493 e. The van der Waals surface area contributed by atoms with Crippen LogP contribution in [0, 0.1) is 19.8 Å². The van der Waals surface area contributed by atoms with E-state index >= 15 is 0 Å². The van der Waals surface area contributed by atoms with E-state index in [0.717, 1.165) is 34.6 Å². The molecule has 4 heteroatoms. The van der Waals surface area contributed by atoms with Crippen molar-refractivity contribution in [3.63, 3.8) is 0 Å². The Kier molecular flexibility index (Phi) is 4.46. The third-order valence-electron chi connectivity index (χ3n) is 3.45. The number of nitrogens with zero attached hydrogens (tertiary/aromatic N) is 2. The number of rotatable bonds is 5. The van der Waals surface area contributed by atoms with Crippen molar-refractivity contribution < 1.29 is 9.53 Å². The van der Waals surface area contributed by atoms with E-state index in [1.54, 1.807) is 6.07 Å². The lowest BCUT2D eigenvalue weighted by Crippen LogP contribution is -2.05. The topological polar surface area (TPSA) is 44.1 Å². The van der Waals surface area contributed by atoms with Crippen molar-refractivity contribution in [1.29, 1.82) is 0 Å². The maximum Gasteiger partial charge on any atom is 0.150 e. The molecule has 112 valence electrons. The number of aromatic nitrogens is 2. The minimum Gasteiger partial charge on any atom is -0.493 e. The molecule has 0 spiro atoms. The number of aryl methyl sites for hydroxylation is 2. The number of benzene rings is 1. The van der Waals surface area contributed by atoms with Crippen molar-refractivity contribution in [2.24, 2.45) is 13.0 Å². The van der Waals surface area contributed by atoms with Gasteiger partial charge < -0.3 is 4.74 Å². The molecule has 0 radical (unpaired) electrons. The normalized spacial score (nSPS) is 11.0. The van der Waals surface area contributed by atoms with Gasteiger partial charge in [0, 0.05) is 23.9 Å². The fourth-order valence-electron chi connectivity index (χ4n) is 2.37. The van der Waals surface area contributed by atoms with Crippen LogP contribution < -0.4 is 4.74 Å². The van der Waals surface area contributed by atoms with E-state index in [1.807, 2.05) is 37.7 Å². The van der Waals surface area contributed by atoms with Crippen molar-refractivity contribution in [2.45, 2.75) is 27.7 Å². The Balaban J connectivity index is 2.47. The van der Waals surface area contributed by atoms with Gasteiger partial charge in [-0.15, -0.1) is 0 Å². The molecular weight excluding hydrogens is 264 g/mol.